The van der Waals surface area contributed by atoms with Crippen LogP contribution in [0.1, 0.15) is 19.4 Å². The average Bonchev–Trinajstić information content (AvgIpc) is 2.59. The average molecular weight is 387 g/mol. The first-order valence-electron chi connectivity index (χ1n) is 8.77. The van der Waals surface area contributed by atoms with E-state index in [0.29, 0.717) is 26.2 Å². The van der Waals surface area contributed by atoms with Gasteiger partial charge in [0.2, 0.25) is 11.8 Å². The van der Waals surface area contributed by atoms with Crippen molar-refractivity contribution in [3.63, 3.8) is 0 Å². The van der Waals surface area contributed by atoms with E-state index in [4.69, 9.17) is 0 Å². The Morgan fingerprint density at radius 1 is 1.15 bits per heavy atom. The van der Waals surface area contributed by atoms with E-state index in [1.165, 1.54) is 18.2 Å². The first-order chi connectivity index (χ1) is 12.7. The maximum absolute atomic E-state index is 12.4. The minimum Gasteiger partial charge on any atom is -0.405 e. The first-order valence-corrected chi connectivity index (χ1v) is 8.77. The summed E-state index contributed by atoms with van der Waals surface area (Å²) in [5.74, 6) is -0.578. The normalized spacial score (nSPS) is 15.7. The summed E-state index contributed by atoms with van der Waals surface area (Å²) in [6, 6.07) is 5.69. The van der Waals surface area contributed by atoms with E-state index in [0.717, 1.165) is 0 Å². The predicted octanol–water partition coefficient (Wildman–Crippen LogP) is 2.00. The van der Waals surface area contributed by atoms with Crippen LogP contribution in [-0.2, 0) is 16.1 Å². The second-order valence-electron chi connectivity index (χ2n) is 6.69. The molecule has 0 aliphatic carbocycles. The molecule has 1 fully saturated rings. The van der Waals surface area contributed by atoms with Crippen LogP contribution in [0.2, 0.25) is 0 Å². The topological polar surface area (TPSA) is 61.9 Å². The fourth-order valence-electron chi connectivity index (χ4n) is 2.82. The Kier molecular flexibility index (Phi) is 7.06. The monoisotopic (exact) mass is 387 g/mol. The van der Waals surface area contributed by atoms with Gasteiger partial charge in [-0.3, -0.25) is 14.5 Å². The highest BCUT2D eigenvalue weighted by molar-refractivity contribution is 5.79. The summed E-state index contributed by atoms with van der Waals surface area (Å²) in [6.45, 7) is 6.06. The van der Waals surface area contributed by atoms with Crippen LogP contribution in [0.15, 0.2) is 24.3 Å². The van der Waals surface area contributed by atoms with Crippen LogP contribution in [0.5, 0.6) is 5.75 Å². The molecule has 0 atom stereocenters. The number of amides is 2. The highest BCUT2D eigenvalue weighted by Gasteiger charge is 2.32. The van der Waals surface area contributed by atoms with Crippen molar-refractivity contribution in [2.45, 2.75) is 26.8 Å². The van der Waals surface area contributed by atoms with Crippen LogP contribution >= 0.6 is 0 Å². The minimum absolute atomic E-state index is 0.0566. The maximum Gasteiger partial charge on any atom is 0.573 e. The lowest BCUT2D eigenvalue weighted by atomic mass is 10.1. The van der Waals surface area contributed by atoms with Crippen molar-refractivity contribution in [3.8, 4) is 5.75 Å². The molecule has 27 heavy (non-hydrogen) atoms. The van der Waals surface area contributed by atoms with Crippen molar-refractivity contribution in [2.75, 3.05) is 32.7 Å². The fourth-order valence-corrected chi connectivity index (χ4v) is 2.82. The number of alkyl halides is 3. The molecule has 1 aliphatic heterocycles. The Morgan fingerprint density at radius 2 is 1.78 bits per heavy atom. The number of benzene rings is 1. The van der Waals surface area contributed by atoms with Crippen molar-refractivity contribution >= 4 is 11.8 Å². The van der Waals surface area contributed by atoms with Gasteiger partial charge in [0.15, 0.2) is 0 Å². The molecule has 9 heteroatoms. The van der Waals surface area contributed by atoms with Crippen molar-refractivity contribution in [2.24, 2.45) is 5.92 Å². The molecule has 1 heterocycles. The lowest BCUT2D eigenvalue weighted by Gasteiger charge is -2.35. The van der Waals surface area contributed by atoms with E-state index in [1.54, 1.807) is 11.0 Å². The molecule has 0 saturated carbocycles. The molecule has 0 spiro atoms. The third-order valence-corrected chi connectivity index (χ3v) is 4.22. The van der Waals surface area contributed by atoms with E-state index < -0.39 is 6.36 Å². The molecule has 150 valence electrons. The zero-order valence-electron chi connectivity index (χ0n) is 15.4. The van der Waals surface area contributed by atoms with Crippen LogP contribution in [0.4, 0.5) is 13.2 Å². The number of carbonyl (C=O) groups excluding carboxylic acids is 2. The maximum atomic E-state index is 12.4. The Morgan fingerprint density at radius 3 is 2.37 bits per heavy atom. The Labute approximate surface area is 156 Å². The van der Waals surface area contributed by atoms with E-state index in [1.807, 2.05) is 18.7 Å². The molecule has 1 aromatic rings. The van der Waals surface area contributed by atoms with Crippen LogP contribution in [-0.4, -0.2) is 60.7 Å². The molecular formula is C18H24F3N3O3. The number of hydrogen-bond donors (Lipinski definition) is 1. The van der Waals surface area contributed by atoms with Crippen LogP contribution in [0.3, 0.4) is 0 Å². The Balaban J connectivity index is 1.80. The number of nitrogens with one attached hydrogen (secondary N) is 1. The smallest absolute Gasteiger partial charge is 0.405 e. The number of rotatable bonds is 6. The van der Waals surface area contributed by atoms with Gasteiger partial charge in [-0.05, 0) is 6.07 Å². The second kappa shape index (κ2) is 9.07. The number of carbonyl (C=O) groups is 2. The quantitative estimate of drug-likeness (QED) is 0.811. The van der Waals surface area contributed by atoms with Crippen LogP contribution < -0.4 is 10.1 Å². The van der Waals surface area contributed by atoms with E-state index in [-0.39, 0.29) is 42.1 Å². The third-order valence-electron chi connectivity index (χ3n) is 4.22. The molecule has 0 radical (unpaired) electrons. The first kappa shape index (κ1) is 21.0. The second-order valence-corrected chi connectivity index (χ2v) is 6.69. The highest BCUT2D eigenvalue weighted by Crippen LogP contribution is 2.26. The number of para-hydroxylation sites is 1. The standard InChI is InChI=1S/C18H24F3N3O3/c1-13(2)17(26)24-9-7-23(8-10-24)12-16(25)22-11-14-5-3-4-6-15(14)27-18(19,20)21/h3-6,13H,7-12H2,1-2H3,(H,22,25). The van der Waals surface area contributed by atoms with Gasteiger partial charge in [0.1, 0.15) is 5.75 Å². The molecule has 0 bridgehead atoms. The summed E-state index contributed by atoms with van der Waals surface area (Å²) in [6.07, 6.45) is -4.78. The van der Waals surface area contributed by atoms with Gasteiger partial charge in [-0.25, -0.2) is 0 Å². The molecule has 1 aromatic carbocycles. The van der Waals surface area contributed by atoms with Gasteiger partial charge in [-0.15, -0.1) is 13.2 Å². The van der Waals surface area contributed by atoms with Gasteiger partial charge in [0, 0.05) is 44.2 Å². The van der Waals surface area contributed by atoms with Gasteiger partial charge in [0.25, 0.3) is 0 Å². The summed E-state index contributed by atoms with van der Waals surface area (Å²) in [4.78, 5) is 27.8. The fraction of sp³-hybridized carbons (Fsp3) is 0.556. The van der Waals surface area contributed by atoms with Crippen molar-refractivity contribution < 1.29 is 27.5 Å². The summed E-state index contributed by atoms with van der Waals surface area (Å²) in [5.41, 5.74) is 0.246. The zero-order valence-corrected chi connectivity index (χ0v) is 15.4. The summed E-state index contributed by atoms with van der Waals surface area (Å²) in [7, 11) is 0. The summed E-state index contributed by atoms with van der Waals surface area (Å²) in [5, 5.41) is 2.62. The van der Waals surface area contributed by atoms with Crippen molar-refractivity contribution in [3.05, 3.63) is 29.8 Å². The molecule has 2 rings (SSSR count). The minimum atomic E-state index is -4.78. The highest BCUT2D eigenvalue weighted by atomic mass is 19.4. The van der Waals surface area contributed by atoms with Crippen molar-refractivity contribution in [1.29, 1.82) is 0 Å². The number of halogens is 3. The van der Waals surface area contributed by atoms with Crippen molar-refractivity contribution in [1.82, 2.24) is 15.1 Å². The number of piperazine rings is 1. The number of nitrogens with zero attached hydrogens (tertiary/aromatic N) is 2. The Hall–Kier alpha value is -2.29. The SMILES string of the molecule is CC(C)C(=O)N1CCN(CC(=O)NCc2ccccc2OC(F)(F)F)CC1. The van der Waals surface area contributed by atoms with Crippen LogP contribution in [0, 0.1) is 5.92 Å². The number of hydrogen-bond acceptors (Lipinski definition) is 4. The van der Waals surface area contributed by atoms with Gasteiger partial charge in [-0.2, -0.15) is 0 Å². The van der Waals surface area contributed by atoms with Gasteiger partial charge < -0.3 is 15.0 Å². The van der Waals surface area contributed by atoms with E-state index >= 15 is 0 Å². The largest absolute Gasteiger partial charge is 0.573 e. The molecule has 0 unspecified atom stereocenters. The molecule has 1 N–H and O–H groups in total. The van der Waals surface area contributed by atoms with Crippen LogP contribution in [0.25, 0.3) is 0 Å². The molecule has 0 aromatic heterocycles. The molecule has 6 nitrogen and oxygen atoms in total. The van der Waals surface area contributed by atoms with E-state index in [9.17, 15) is 22.8 Å². The van der Waals surface area contributed by atoms with E-state index in [2.05, 4.69) is 10.1 Å². The summed E-state index contributed by atoms with van der Waals surface area (Å²) >= 11 is 0. The molecule has 2 amide bonds. The molecule has 1 aliphatic rings. The van der Waals surface area contributed by atoms with Gasteiger partial charge in [0.05, 0.1) is 6.54 Å². The number of ether oxygens (including phenoxy) is 1. The molecule has 1 saturated heterocycles. The molecular weight excluding hydrogens is 363 g/mol. The summed E-state index contributed by atoms with van der Waals surface area (Å²) < 4.78 is 41.2. The lowest BCUT2D eigenvalue weighted by molar-refractivity contribution is -0.274. The lowest BCUT2D eigenvalue weighted by Crippen LogP contribution is -2.51. The predicted molar refractivity (Wildman–Crippen MR) is 92.8 cm³/mol. The third kappa shape index (κ3) is 6.74. The van der Waals surface area contributed by atoms with Gasteiger partial charge in [-0.1, -0.05) is 32.0 Å². The Bertz CT molecular complexity index is 657. The zero-order chi connectivity index (χ0) is 20.0. The van der Waals surface area contributed by atoms with Gasteiger partial charge >= 0.3 is 6.36 Å².